The van der Waals surface area contributed by atoms with Crippen LogP contribution < -0.4 is 0 Å². The summed E-state index contributed by atoms with van der Waals surface area (Å²) in [5, 5.41) is 0. The van der Waals surface area contributed by atoms with Crippen molar-refractivity contribution in [2.45, 2.75) is 13.8 Å². The molecule has 0 atom stereocenters. The van der Waals surface area contributed by atoms with Crippen molar-refractivity contribution >= 4 is 40.3 Å². The van der Waals surface area contributed by atoms with E-state index in [2.05, 4.69) is 0 Å². The number of hydrogen-bond donors (Lipinski definition) is 0. The van der Waals surface area contributed by atoms with Gasteiger partial charge in [-0.1, -0.05) is 37.0 Å². The Kier molecular flexibility index (Phi) is 5.06. The van der Waals surface area contributed by atoms with E-state index in [-0.39, 0.29) is 5.78 Å². The predicted octanol–water partition coefficient (Wildman–Crippen LogP) is 3.58. The lowest BCUT2D eigenvalue weighted by atomic mass is 10.2. The van der Waals surface area contributed by atoms with Gasteiger partial charge in [-0.05, 0) is 19.2 Å². The zero-order chi connectivity index (χ0) is 11.4. The van der Waals surface area contributed by atoms with Gasteiger partial charge in [0.25, 0.3) is 0 Å². The van der Waals surface area contributed by atoms with Gasteiger partial charge in [0, 0.05) is 0 Å². The summed E-state index contributed by atoms with van der Waals surface area (Å²) in [6.45, 7) is 6.17. The van der Waals surface area contributed by atoms with Gasteiger partial charge < -0.3 is 0 Å². The molecule has 0 radical (unpaired) electrons. The highest BCUT2D eigenvalue weighted by molar-refractivity contribution is 7.20. The van der Waals surface area contributed by atoms with Gasteiger partial charge in [-0.2, -0.15) is 0 Å². The second kappa shape index (κ2) is 5.85. The molecule has 1 aromatic rings. The molecule has 0 amide bonds. The Morgan fingerprint density at radius 2 is 2.00 bits per heavy atom. The zero-order valence-corrected chi connectivity index (χ0v) is 11.0. The Hall–Kier alpha value is -0.0900. The van der Waals surface area contributed by atoms with Gasteiger partial charge in [-0.3, -0.25) is 9.69 Å². The molecule has 1 heterocycles. The molecule has 0 N–H and O–H groups in total. The molecule has 1 aromatic heterocycles. The van der Waals surface area contributed by atoms with E-state index in [1.165, 1.54) is 11.3 Å². The SMILES string of the molecule is CCN(CC)CC(=O)c1cc(Cl)sc1Cl. The van der Waals surface area contributed by atoms with Crippen LogP contribution in [0.15, 0.2) is 6.07 Å². The van der Waals surface area contributed by atoms with E-state index >= 15 is 0 Å². The standard InChI is InChI=1S/C10H13Cl2NOS/c1-3-13(4-2)6-8(14)7-5-9(11)15-10(7)12/h5H,3-4,6H2,1-2H3. The fraction of sp³-hybridized carbons (Fsp3) is 0.500. The van der Waals surface area contributed by atoms with Crippen LogP contribution in [0.5, 0.6) is 0 Å². The van der Waals surface area contributed by atoms with Gasteiger partial charge in [0.1, 0.15) is 4.34 Å². The van der Waals surface area contributed by atoms with Gasteiger partial charge in [0.2, 0.25) is 0 Å². The van der Waals surface area contributed by atoms with Gasteiger partial charge in [0.15, 0.2) is 5.78 Å². The fourth-order valence-corrected chi connectivity index (χ4v) is 2.76. The van der Waals surface area contributed by atoms with E-state index in [9.17, 15) is 4.79 Å². The van der Waals surface area contributed by atoms with Gasteiger partial charge in [-0.25, -0.2) is 0 Å². The number of nitrogens with zero attached hydrogens (tertiary/aromatic N) is 1. The first-order valence-electron chi connectivity index (χ1n) is 4.78. The van der Waals surface area contributed by atoms with Crippen LogP contribution in [-0.2, 0) is 0 Å². The average Bonchev–Trinajstić information content (AvgIpc) is 2.54. The lowest BCUT2D eigenvalue weighted by Gasteiger charge is -2.16. The number of Topliss-reactive ketones (excluding diaryl/α,β-unsaturated/α-hetero) is 1. The lowest BCUT2D eigenvalue weighted by Crippen LogP contribution is -2.29. The second-order valence-electron chi connectivity index (χ2n) is 3.12. The minimum atomic E-state index is 0.0341. The van der Waals surface area contributed by atoms with Crippen LogP contribution in [-0.4, -0.2) is 30.3 Å². The highest BCUT2D eigenvalue weighted by atomic mass is 35.5. The molecule has 0 saturated heterocycles. The first kappa shape index (κ1) is 13.0. The number of rotatable bonds is 5. The molecule has 0 aliphatic rings. The number of ketones is 1. The van der Waals surface area contributed by atoms with E-state index in [1.807, 2.05) is 18.7 Å². The molecule has 0 saturated carbocycles. The number of likely N-dealkylation sites (N-methyl/N-ethyl adjacent to an activating group) is 1. The van der Waals surface area contributed by atoms with E-state index in [0.717, 1.165) is 13.1 Å². The van der Waals surface area contributed by atoms with Crippen molar-refractivity contribution in [1.29, 1.82) is 0 Å². The second-order valence-corrected chi connectivity index (χ2v) is 5.41. The van der Waals surface area contributed by atoms with Crippen LogP contribution in [0.25, 0.3) is 0 Å². The lowest BCUT2D eigenvalue weighted by molar-refractivity contribution is 0.0938. The van der Waals surface area contributed by atoms with Gasteiger partial charge in [-0.15, -0.1) is 11.3 Å². The molecule has 0 spiro atoms. The van der Waals surface area contributed by atoms with E-state index in [4.69, 9.17) is 23.2 Å². The summed E-state index contributed by atoms with van der Waals surface area (Å²) in [6, 6.07) is 1.64. The first-order chi connectivity index (χ1) is 7.08. The fourth-order valence-electron chi connectivity index (χ4n) is 1.27. The summed E-state index contributed by atoms with van der Waals surface area (Å²) in [4.78, 5) is 13.9. The minimum Gasteiger partial charge on any atom is -0.296 e. The molecule has 84 valence electrons. The predicted molar refractivity (Wildman–Crippen MR) is 66.5 cm³/mol. The maximum Gasteiger partial charge on any atom is 0.179 e. The Balaban J connectivity index is 2.72. The minimum absolute atomic E-state index is 0.0341. The topological polar surface area (TPSA) is 20.3 Å². The van der Waals surface area contributed by atoms with Crippen molar-refractivity contribution in [2.24, 2.45) is 0 Å². The third kappa shape index (κ3) is 3.45. The largest absolute Gasteiger partial charge is 0.296 e. The number of carbonyl (C=O) groups is 1. The molecule has 0 aliphatic heterocycles. The van der Waals surface area contributed by atoms with Crippen molar-refractivity contribution < 1.29 is 4.79 Å². The van der Waals surface area contributed by atoms with Crippen LogP contribution in [0.3, 0.4) is 0 Å². The summed E-state index contributed by atoms with van der Waals surface area (Å²) in [6.07, 6.45) is 0. The highest BCUT2D eigenvalue weighted by Crippen LogP contribution is 2.31. The van der Waals surface area contributed by atoms with Crippen LogP contribution in [0, 0.1) is 0 Å². The van der Waals surface area contributed by atoms with Crippen molar-refractivity contribution in [3.05, 3.63) is 20.3 Å². The number of halogens is 2. The van der Waals surface area contributed by atoms with E-state index < -0.39 is 0 Å². The zero-order valence-electron chi connectivity index (χ0n) is 8.72. The molecule has 0 fully saturated rings. The molecule has 0 bridgehead atoms. The van der Waals surface area contributed by atoms with E-state index in [1.54, 1.807) is 6.07 Å². The molecule has 1 rings (SSSR count). The van der Waals surface area contributed by atoms with Crippen molar-refractivity contribution in [2.75, 3.05) is 19.6 Å². The number of hydrogen-bond acceptors (Lipinski definition) is 3. The molecule has 15 heavy (non-hydrogen) atoms. The summed E-state index contributed by atoms with van der Waals surface area (Å²) in [5.74, 6) is 0.0341. The Bertz CT molecular complexity index is 347. The molecule has 0 aliphatic carbocycles. The maximum atomic E-state index is 11.8. The molecule has 0 unspecified atom stereocenters. The van der Waals surface area contributed by atoms with Crippen molar-refractivity contribution in [1.82, 2.24) is 4.90 Å². The van der Waals surface area contributed by atoms with Crippen molar-refractivity contribution in [3.63, 3.8) is 0 Å². The van der Waals surface area contributed by atoms with Crippen molar-refractivity contribution in [3.8, 4) is 0 Å². The van der Waals surface area contributed by atoms with Crippen LogP contribution in [0.1, 0.15) is 24.2 Å². The molecule has 2 nitrogen and oxygen atoms in total. The number of carbonyl (C=O) groups excluding carboxylic acids is 1. The summed E-state index contributed by atoms with van der Waals surface area (Å²) in [7, 11) is 0. The molecular weight excluding hydrogens is 253 g/mol. The van der Waals surface area contributed by atoms with Crippen LogP contribution in [0.4, 0.5) is 0 Å². The average molecular weight is 266 g/mol. The summed E-state index contributed by atoms with van der Waals surface area (Å²) >= 11 is 12.9. The van der Waals surface area contributed by atoms with Gasteiger partial charge in [0.05, 0.1) is 16.4 Å². The third-order valence-electron chi connectivity index (χ3n) is 2.22. The first-order valence-corrected chi connectivity index (χ1v) is 6.36. The van der Waals surface area contributed by atoms with Crippen LogP contribution in [0.2, 0.25) is 8.67 Å². The third-order valence-corrected chi connectivity index (χ3v) is 3.71. The molecule has 0 aromatic carbocycles. The quantitative estimate of drug-likeness (QED) is 0.759. The normalized spacial score (nSPS) is 11.0. The van der Waals surface area contributed by atoms with Gasteiger partial charge >= 0.3 is 0 Å². The molecular formula is C10H13Cl2NOS. The smallest absolute Gasteiger partial charge is 0.179 e. The maximum absolute atomic E-state index is 11.8. The van der Waals surface area contributed by atoms with E-state index in [0.29, 0.717) is 20.8 Å². The number of thiophene rings is 1. The monoisotopic (exact) mass is 265 g/mol. The Morgan fingerprint density at radius 3 is 2.40 bits per heavy atom. The summed E-state index contributed by atoms with van der Waals surface area (Å²) in [5.41, 5.74) is 0.540. The Morgan fingerprint density at radius 1 is 1.40 bits per heavy atom. The Labute approximate surface area is 104 Å². The highest BCUT2D eigenvalue weighted by Gasteiger charge is 2.15. The van der Waals surface area contributed by atoms with Crippen LogP contribution >= 0.6 is 34.5 Å². The molecule has 5 heteroatoms. The summed E-state index contributed by atoms with van der Waals surface area (Å²) < 4.78 is 1.04.